The molecule has 2 atom stereocenters. The van der Waals surface area contributed by atoms with Crippen LogP contribution in [0.4, 0.5) is 22.8 Å². The first-order chi connectivity index (χ1) is 22.9. The predicted molar refractivity (Wildman–Crippen MR) is 175 cm³/mol. The third kappa shape index (κ3) is 8.48. The van der Waals surface area contributed by atoms with Crippen LogP contribution in [0.3, 0.4) is 0 Å². The van der Waals surface area contributed by atoms with Gasteiger partial charge in [-0.3, -0.25) is 4.79 Å². The number of fused-ring (bicyclic) bond motifs is 1. The van der Waals surface area contributed by atoms with Gasteiger partial charge in [0.05, 0.1) is 11.6 Å². The van der Waals surface area contributed by atoms with Crippen LogP contribution in [0.25, 0.3) is 11.0 Å². The molecular formula is C36H45F3N4O6. The number of ether oxygens (including phenoxy) is 3. The van der Waals surface area contributed by atoms with Gasteiger partial charge in [0.25, 0.3) is 0 Å². The molecule has 2 aromatic carbocycles. The molecule has 13 heteroatoms. The summed E-state index contributed by atoms with van der Waals surface area (Å²) in [7, 11) is 0. The smallest absolute Gasteiger partial charge is 0.410 e. The Kier molecular flexibility index (Phi) is 9.96. The van der Waals surface area contributed by atoms with Gasteiger partial charge < -0.3 is 29.4 Å². The van der Waals surface area contributed by atoms with Crippen molar-refractivity contribution in [2.75, 3.05) is 13.1 Å². The predicted octanol–water partition coefficient (Wildman–Crippen LogP) is 7.72. The summed E-state index contributed by atoms with van der Waals surface area (Å²) in [5, 5.41) is 2.78. The van der Waals surface area contributed by atoms with Crippen LogP contribution in [-0.2, 0) is 31.0 Å². The topological polar surface area (TPSA) is 123 Å². The van der Waals surface area contributed by atoms with Crippen molar-refractivity contribution in [1.82, 2.24) is 20.2 Å². The zero-order chi connectivity index (χ0) is 35.8. The molecule has 5 rings (SSSR count). The Morgan fingerprint density at radius 2 is 1.63 bits per heavy atom. The first kappa shape index (κ1) is 36.0. The SMILES string of the molecule is CC(C)(C)OC(=O)N1CCC(C(=O)OC(C)(C)C)(c2ccc3[nH]c([C@@H](NC(=O)OCc4ccccc4)C4CCC(F)(F)CC4)nc3c2F)C1. The summed E-state index contributed by atoms with van der Waals surface area (Å²) in [6, 6.07) is 11.2. The van der Waals surface area contributed by atoms with Gasteiger partial charge in [-0.1, -0.05) is 36.4 Å². The molecule has 0 spiro atoms. The number of carbonyl (C=O) groups excluding carboxylic acids is 3. The molecule has 3 aromatic rings. The van der Waals surface area contributed by atoms with Gasteiger partial charge in [0.15, 0.2) is 5.82 Å². The minimum Gasteiger partial charge on any atom is -0.459 e. The molecule has 1 aliphatic carbocycles. The van der Waals surface area contributed by atoms with Crippen molar-refractivity contribution in [3.05, 3.63) is 65.2 Å². The number of nitrogens with zero attached hydrogens (tertiary/aromatic N) is 2. The summed E-state index contributed by atoms with van der Waals surface area (Å²) in [6.07, 6.45) is -1.85. The third-order valence-corrected chi connectivity index (χ3v) is 8.85. The van der Waals surface area contributed by atoms with Crippen molar-refractivity contribution >= 4 is 29.2 Å². The minimum atomic E-state index is -2.81. The standard InChI is InChI=1S/C36H45F3N4O6/c1-33(2,3)48-30(44)35(18-19-43(21-35)32(46)49-34(4,5)6)24-12-13-25-28(26(24)37)41-29(40-25)27(23-14-16-36(38,39)17-15-23)42-31(45)47-20-22-10-8-7-9-11-22/h7-13,23,27H,14-21H2,1-6H3,(H,40,41)(H,42,45)/t27-,35?/m0/s1. The quantitative estimate of drug-likeness (QED) is 0.193. The number of carbonyl (C=O) groups is 3. The van der Waals surface area contributed by atoms with Crippen LogP contribution in [-0.4, -0.2) is 63.2 Å². The second kappa shape index (κ2) is 13.5. The van der Waals surface area contributed by atoms with Crippen LogP contribution in [0.5, 0.6) is 0 Å². The number of H-pyrrole nitrogens is 1. The van der Waals surface area contributed by atoms with Crippen molar-refractivity contribution in [2.45, 2.75) is 109 Å². The fraction of sp³-hybridized carbons (Fsp3) is 0.556. The monoisotopic (exact) mass is 686 g/mol. The number of aromatic nitrogens is 2. The maximum atomic E-state index is 16.7. The minimum absolute atomic E-state index is 0.00227. The highest BCUT2D eigenvalue weighted by atomic mass is 19.3. The molecule has 2 heterocycles. The Morgan fingerprint density at radius 3 is 2.27 bits per heavy atom. The lowest BCUT2D eigenvalue weighted by Crippen LogP contribution is -2.45. The highest BCUT2D eigenvalue weighted by Crippen LogP contribution is 2.43. The van der Waals surface area contributed by atoms with E-state index < -0.39 is 58.5 Å². The molecule has 49 heavy (non-hydrogen) atoms. The van der Waals surface area contributed by atoms with Crippen molar-refractivity contribution in [1.29, 1.82) is 0 Å². The Hall–Kier alpha value is -4.29. The Balaban J connectivity index is 1.48. The normalized spacial score (nSPS) is 20.6. The number of benzene rings is 2. The van der Waals surface area contributed by atoms with E-state index >= 15 is 4.39 Å². The van der Waals surface area contributed by atoms with E-state index in [1.165, 1.54) is 11.0 Å². The molecule has 1 aliphatic heterocycles. The molecule has 0 bridgehead atoms. The van der Waals surface area contributed by atoms with E-state index in [1.807, 2.05) is 18.2 Å². The van der Waals surface area contributed by atoms with Crippen LogP contribution in [0.1, 0.15) is 96.6 Å². The van der Waals surface area contributed by atoms with Crippen molar-refractivity contribution in [2.24, 2.45) is 5.92 Å². The number of alkyl carbamates (subject to hydrolysis) is 1. The average molecular weight is 687 g/mol. The van der Waals surface area contributed by atoms with Crippen LogP contribution in [0, 0.1) is 11.7 Å². The third-order valence-electron chi connectivity index (χ3n) is 8.85. The van der Waals surface area contributed by atoms with E-state index in [-0.39, 0.29) is 74.2 Å². The van der Waals surface area contributed by atoms with Crippen molar-refractivity contribution in [3.63, 3.8) is 0 Å². The fourth-order valence-corrected chi connectivity index (χ4v) is 6.44. The highest BCUT2D eigenvalue weighted by Gasteiger charge is 2.52. The lowest BCUT2D eigenvalue weighted by atomic mass is 9.79. The van der Waals surface area contributed by atoms with E-state index in [2.05, 4.69) is 15.3 Å². The second-order valence-corrected chi connectivity index (χ2v) is 15.1. The number of nitrogens with one attached hydrogen (secondary N) is 2. The molecule has 2 N–H and O–H groups in total. The van der Waals surface area contributed by atoms with E-state index in [4.69, 9.17) is 14.2 Å². The van der Waals surface area contributed by atoms with Crippen LogP contribution < -0.4 is 5.32 Å². The van der Waals surface area contributed by atoms with Crippen LogP contribution >= 0.6 is 0 Å². The van der Waals surface area contributed by atoms with Gasteiger partial charge in [-0.05, 0) is 78.4 Å². The number of halogens is 3. The summed E-state index contributed by atoms with van der Waals surface area (Å²) in [6.45, 7) is 10.3. The van der Waals surface area contributed by atoms with E-state index in [0.717, 1.165) is 5.56 Å². The lowest BCUT2D eigenvalue weighted by molar-refractivity contribution is -0.161. The van der Waals surface area contributed by atoms with Gasteiger partial charge in [-0.2, -0.15) is 0 Å². The molecule has 0 radical (unpaired) electrons. The largest absolute Gasteiger partial charge is 0.459 e. The Labute approximate surface area is 284 Å². The number of hydrogen-bond acceptors (Lipinski definition) is 7. The molecule has 2 aliphatic rings. The van der Waals surface area contributed by atoms with Gasteiger partial charge in [-0.25, -0.2) is 27.7 Å². The molecule has 2 fully saturated rings. The zero-order valence-corrected chi connectivity index (χ0v) is 28.8. The number of hydrogen-bond donors (Lipinski definition) is 2. The number of likely N-dealkylation sites (tertiary alicyclic amines) is 1. The first-order valence-electron chi connectivity index (χ1n) is 16.6. The average Bonchev–Trinajstić information content (AvgIpc) is 3.65. The highest BCUT2D eigenvalue weighted by molar-refractivity contribution is 5.88. The number of esters is 1. The Morgan fingerprint density at radius 1 is 0.980 bits per heavy atom. The molecule has 1 saturated heterocycles. The summed E-state index contributed by atoms with van der Waals surface area (Å²) in [4.78, 5) is 48.9. The zero-order valence-electron chi connectivity index (χ0n) is 28.8. The van der Waals surface area contributed by atoms with Gasteiger partial charge in [0.1, 0.15) is 34.6 Å². The van der Waals surface area contributed by atoms with Crippen molar-refractivity contribution in [3.8, 4) is 0 Å². The first-order valence-corrected chi connectivity index (χ1v) is 16.6. The molecular weight excluding hydrogens is 641 g/mol. The van der Waals surface area contributed by atoms with Crippen LogP contribution in [0.2, 0.25) is 0 Å². The summed E-state index contributed by atoms with van der Waals surface area (Å²) >= 11 is 0. The number of aromatic amines is 1. The molecule has 266 valence electrons. The van der Waals surface area contributed by atoms with Gasteiger partial charge in [0.2, 0.25) is 5.92 Å². The number of rotatable bonds is 7. The van der Waals surface area contributed by atoms with E-state index in [0.29, 0.717) is 0 Å². The summed E-state index contributed by atoms with van der Waals surface area (Å²) in [5.74, 6) is -4.56. The van der Waals surface area contributed by atoms with Gasteiger partial charge in [-0.15, -0.1) is 0 Å². The number of imidazole rings is 1. The number of alkyl halides is 2. The number of amides is 2. The molecule has 1 unspecified atom stereocenters. The maximum Gasteiger partial charge on any atom is 0.410 e. The molecule has 2 amide bonds. The van der Waals surface area contributed by atoms with Gasteiger partial charge in [0, 0.05) is 31.5 Å². The Bertz CT molecular complexity index is 1670. The van der Waals surface area contributed by atoms with Crippen LogP contribution in [0.15, 0.2) is 42.5 Å². The second-order valence-electron chi connectivity index (χ2n) is 15.1. The molecule has 1 aromatic heterocycles. The summed E-state index contributed by atoms with van der Waals surface area (Å²) in [5.41, 5.74) is -2.29. The fourth-order valence-electron chi connectivity index (χ4n) is 6.44. The molecule has 1 saturated carbocycles. The van der Waals surface area contributed by atoms with E-state index in [9.17, 15) is 23.2 Å². The summed E-state index contributed by atoms with van der Waals surface area (Å²) < 4.78 is 61.7. The van der Waals surface area contributed by atoms with Gasteiger partial charge >= 0.3 is 18.2 Å². The van der Waals surface area contributed by atoms with Crippen molar-refractivity contribution < 1.29 is 41.8 Å². The molecule has 10 nitrogen and oxygen atoms in total. The van der Waals surface area contributed by atoms with E-state index in [1.54, 1.807) is 59.7 Å². The maximum absolute atomic E-state index is 16.7. The lowest BCUT2D eigenvalue weighted by Gasteiger charge is -2.33.